The third-order valence-corrected chi connectivity index (χ3v) is 4.81. The molecule has 0 aliphatic heterocycles. The molecule has 3 heteroatoms. The van der Waals surface area contributed by atoms with Crippen LogP contribution in [0.5, 0.6) is 0 Å². The van der Waals surface area contributed by atoms with Gasteiger partial charge in [-0.2, -0.15) is 0 Å². The van der Waals surface area contributed by atoms with Crippen molar-refractivity contribution in [3.63, 3.8) is 0 Å². The second-order valence-corrected chi connectivity index (χ2v) is 6.09. The lowest BCUT2D eigenvalue weighted by molar-refractivity contribution is -0.153. The van der Waals surface area contributed by atoms with Crippen LogP contribution < -0.4 is 0 Å². The van der Waals surface area contributed by atoms with Gasteiger partial charge >= 0.3 is 5.97 Å². The largest absolute Gasteiger partial charge is 0.481 e. The normalized spacial score (nSPS) is 30.4. The highest BCUT2D eigenvalue weighted by Crippen LogP contribution is 2.40. The van der Waals surface area contributed by atoms with Crippen molar-refractivity contribution < 1.29 is 9.90 Å². The first-order chi connectivity index (χ1) is 8.45. The predicted octanol–water partition coefficient (Wildman–Crippen LogP) is 3.39. The number of hydrogen-bond donors (Lipinski definition) is 1. The maximum atomic E-state index is 11.7. The number of carbonyl (C=O) groups is 1. The van der Waals surface area contributed by atoms with Gasteiger partial charge in [0.25, 0.3) is 0 Å². The molecule has 1 rings (SSSR count). The molecule has 1 saturated carbocycles. The molecule has 1 fully saturated rings. The molecule has 0 radical (unpaired) electrons. The Balaban J connectivity index is 2.76. The van der Waals surface area contributed by atoms with Crippen LogP contribution in [-0.2, 0) is 4.79 Å². The van der Waals surface area contributed by atoms with Gasteiger partial charge in [-0.25, -0.2) is 0 Å². The summed E-state index contributed by atoms with van der Waals surface area (Å²) in [4.78, 5) is 14.1. The molecule has 3 nitrogen and oxygen atoms in total. The van der Waals surface area contributed by atoms with Crippen molar-refractivity contribution >= 4 is 5.97 Å². The number of carboxylic acids is 1. The van der Waals surface area contributed by atoms with Crippen LogP contribution in [0.2, 0.25) is 0 Å². The molecular weight excluding hydrogens is 226 g/mol. The Hall–Kier alpha value is -0.570. The Morgan fingerprint density at radius 1 is 1.39 bits per heavy atom. The molecule has 1 atom stereocenters. The lowest BCUT2D eigenvalue weighted by atomic mass is 9.70. The van der Waals surface area contributed by atoms with Crippen LogP contribution in [0.3, 0.4) is 0 Å². The maximum absolute atomic E-state index is 11.7. The van der Waals surface area contributed by atoms with Gasteiger partial charge in [0, 0.05) is 12.6 Å². The first-order valence-electron chi connectivity index (χ1n) is 7.42. The zero-order valence-electron chi connectivity index (χ0n) is 12.4. The molecule has 0 spiro atoms. The maximum Gasteiger partial charge on any atom is 0.310 e. The summed E-state index contributed by atoms with van der Waals surface area (Å²) in [6.45, 7) is 10.4. The minimum Gasteiger partial charge on any atom is -0.481 e. The van der Waals surface area contributed by atoms with Crippen molar-refractivity contribution in [2.24, 2.45) is 11.3 Å². The van der Waals surface area contributed by atoms with E-state index in [9.17, 15) is 9.90 Å². The molecule has 18 heavy (non-hydrogen) atoms. The highest BCUT2D eigenvalue weighted by molar-refractivity contribution is 5.75. The van der Waals surface area contributed by atoms with Crippen molar-refractivity contribution in [2.75, 3.05) is 13.1 Å². The lowest BCUT2D eigenvalue weighted by Crippen LogP contribution is -2.47. The zero-order valence-corrected chi connectivity index (χ0v) is 12.4. The molecule has 0 aromatic heterocycles. The van der Waals surface area contributed by atoms with Crippen molar-refractivity contribution in [3.8, 4) is 0 Å². The van der Waals surface area contributed by atoms with Crippen LogP contribution in [0.4, 0.5) is 0 Å². The fourth-order valence-electron chi connectivity index (χ4n) is 2.98. The van der Waals surface area contributed by atoms with Gasteiger partial charge in [-0.3, -0.25) is 9.69 Å². The Bertz CT molecular complexity index is 270. The fraction of sp³-hybridized carbons (Fsp3) is 0.933. The Morgan fingerprint density at radius 3 is 2.33 bits per heavy atom. The minimum atomic E-state index is -0.587. The van der Waals surface area contributed by atoms with E-state index < -0.39 is 11.4 Å². The van der Waals surface area contributed by atoms with E-state index in [1.807, 2.05) is 0 Å². The van der Waals surface area contributed by atoms with E-state index >= 15 is 0 Å². The summed E-state index contributed by atoms with van der Waals surface area (Å²) in [7, 11) is 0. The number of hydrogen-bond acceptors (Lipinski definition) is 2. The van der Waals surface area contributed by atoms with Crippen LogP contribution in [0.1, 0.15) is 59.8 Å². The number of rotatable bonds is 6. The number of carboxylic acid groups (broad SMARTS) is 1. The molecule has 1 unspecified atom stereocenters. The van der Waals surface area contributed by atoms with Gasteiger partial charge < -0.3 is 5.11 Å². The SMILES string of the molecule is CCC(C)N(CC)CC1(C(=O)O)CCC(C)CC1. The van der Waals surface area contributed by atoms with E-state index in [0.717, 1.165) is 45.2 Å². The quantitative estimate of drug-likeness (QED) is 0.791. The second-order valence-electron chi connectivity index (χ2n) is 6.09. The molecule has 0 amide bonds. The van der Waals surface area contributed by atoms with Gasteiger partial charge in [-0.1, -0.05) is 20.8 Å². The number of aliphatic carboxylic acids is 1. The first-order valence-corrected chi connectivity index (χ1v) is 7.42. The predicted molar refractivity (Wildman–Crippen MR) is 74.7 cm³/mol. The summed E-state index contributed by atoms with van der Waals surface area (Å²) >= 11 is 0. The summed E-state index contributed by atoms with van der Waals surface area (Å²) < 4.78 is 0. The average molecular weight is 255 g/mol. The molecule has 1 N–H and O–H groups in total. The summed E-state index contributed by atoms with van der Waals surface area (Å²) in [6, 6.07) is 0.477. The standard InChI is InChI=1S/C15H29NO2/c1-5-13(4)16(6-2)11-15(14(17)18)9-7-12(3)8-10-15/h12-13H,5-11H2,1-4H3,(H,17,18). The molecule has 0 aromatic carbocycles. The van der Waals surface area contributed by atoms with E-state index in [4.69, 9.17) is 0 Å². The van der Waals surface area contributed by atoms with Crippen LogP contribution in [0, 0.1) is 11.3 Å². The third kappa shape index (κ3) is 3.47. The van der Waals surface area contributed by atoms with Crippen molar-refractivity contribution in [1.29, 1.82) is 0 Å². The molecule has 1 aliphatic rings. The van der Waals surface area contributed by atoms with Gasteiger partial charge in [0.2, 0.25) is 0 Å². The van der Waals surface area contributed by atoms with E-state index in [2.05, 4.69) is 32.6 Å². The molecule has 106 valence electrons. The first kappa shape index (κ1) is 15.5. The van der Waals surface area contributed by atoms with Crippen LogP contribution in [0.25, 0.3) is 0 Å². The zero-order chi connectivity index (χ0) is 13.8. The van der Waals surface area contributed by atoms with Crippen molar-refractivity contribution in [3.05, 3.63) is 0 Å². The summed E-state index contributed by atoms with van der Waals surface area (Å²) in [6.07, 6.45) is 4.89. The number of nitrogens with zero attached hydrogens (tertiary/aromatic N) is 1. The summed E-state index contributed by atoms with van der Waals surface area (Å²) in [5.74, 6) is 0.104. The smallest absolute Gasteiger partial charge is 0.310 e. The fourth-order valence-corrected chi connectivity index (χ4v) is 2.98. The molecule has 0 heterocycles. The second kappa shape index (κ2) is 6.55. The van der Waals surface area contributed by atoms with E-state index in [1.165, 1.54) is 0 Å². The van der Waals surface area contributed by atoms with Gasteiger partial charge in [0.1, 0.15) is 0 Å². The summed E-state index contributed by atoms with van der Waals surface area (Å²) in [5, 5.41) is 9.65. The molecule has 1 aliphatic carbocycles. The van der Waals surface area contributed by atoms with Gasteiger partial charge in [-0.05, 0) is 51.5 Å². The monoisotopic (exact) mass is 255 g/mol. The van der Waals surface area contributed by atoms with Gasteiger partial charge in [-0.15, -0.1) is 0 Å². The van der Waals surface area contributed by atoms with Crippen LogP contribution >= 0.6 is 0 Å². The lowest BCUT2D eigenvalue weighted by Gasteiger charge is -2.41. The topological polar surface area (TPSA) is 40.5 Å². The molecule has 0 saturated heterocycles. The van der Waals surface area contributed by atoms with E-state index in [0.29, 0.717) is 12.0 Å². The van der Waals surface area contributed by atoms with Crippen LogP contribution in [-0.4, -0.2) is 35.1 Å². The Morgan fingerprint density at radius 2 is 1.94 bits per heavy atom. The average Bonchev–Trinajstić information content (AvgIpc) is 2.37. The third-order valence-electron chi connectivity index (χ3n) is 4.81. The molecule has 0 aromatic rings. The highest BCUT2D eigenvalue weighted by Gasteiger charge is 2.42. The van der Waals surface area contributed by atoms with Gasteiger partial charge in [0.05, 0.1) is 5.41 Å². The molecule has 0 bridgehead atoms. The van der Waals surface area contributed by atoms with Crippen LogP contribution in [0.15, 0.2) is 0 Å². The molecular formula is C15H29NO2. The summed E-state index contributed by atoms with van der Waals surface area (Å²) in [5.41, 5.74) is -0.494. The van der Waals surface area contributed by atoms with E-state index in [1.54, 1.807) is 0 Å². The van der Waals surface area contributed by atoms with Crippen molar-refractivity contribution in [2.45, 2.75) is 65.8 Å². The Kier molecular flexibility index (Phi) is 5.64. The van der Waals surface area contributed by atoms with E-state index in [-0.39, 0.29) is 0 Å². The van der Waals surface area contributed by atoms with Crippen molar-refractivity contribution in [1.82, 2.24) is 4.90 Å². The Labute approximate surface area is 112 Å². The minimum absolute atomic E-state index is 0.477. The highest BCUT2D eigenvalue weighted by atomic mass is 16.4. The van der Waals surface area contributed by atoms with Gasteiger partial charge in [0.15, 0.2) is 0 Å².